The fraction of sp³-hybridized carbons (Fsp3) is 0.385. The van der Waals surface area contributed by atoms with E-state index in [0.717, 1.165) is 16.8 Å². The number of aryl methyl sites for hydroxylation is 2. The van der Waals surface area contributed by atoms with Gasteiger partial charge in [-0.2, -0.15) is 5.10 Å². The second kappa shape index (κ2) is 6.33. The SMILES string of the molecule is CNCc1ccc(S(=O)(=O)NCc2cn(C)nc2C)nc1. The number of nitrogens with one attached hydrogen (secondary N) is 2. The van der Waals surface area contributed by atoms with Gasteiger partial charge in [-0.25, -0.2) is 18.1 Å². The molecule has 2 aromatic rings. The Kier molecular flexibility index (Phi) is 4.71. The van der Waals surface area contributed by atoms with Gasteiger partial charge in [-0.05, 0) is 25.6 Å². The molecule has 114 valence electrons. The van der Waals surface area contributed by atoms with Crippen molar-refractivity contribution in [2.24, 2.45) is 7.05 Å². The van der Waals surface area contributed by atoms with Crippen LogP contribution in [0.4, 0.5) is 0 Å². The van der Waals surface area contributed by atoms with Crippen LogP contribution in [0.3, 0.4) is 0 Å². The van der Waals surface area contributed by atoms with Crippen LogP contribution in [-0.4, -0.2) is 30.2 Å². The normalized spacial score (nSPS) is 11.8. The molecule has 0 amide bonds. The molecule has 2 aromatic heterocycles. The molecule has 2 N–H and O–H groups in total. The maximum Gasteiger partial charge on any atom is 0.258 e. The lowest BCUT2D eigenvalue weighted by Gasteiger charge is -2.06. The van der Waals surface area contributed by atoms with Crippen LogP contribution in [0.5, 0.6) is 0 Å². The molecule has 8 heteroatoms. The average Bonchev–Trinajstić information content (AvgIpc) is 2.76. The molecule has 0 aliphatic heterocycles. The van der Waals surface area contributed by atoms with E-state index >= 15 is 0 Å². The van der Waals surface area contributed by atoms with Crippen LogP contribution in [-0.2, 0) is 30.2 Å². The smallest absolute Gasteiger partial charge is 0.258 e. The highest BCUT2D eigenvalue weighted by molar-refractivity contribution is 7.89. The molecular weight excluding hydrogens is 290 g/mol. The van der Waals surface area contributed by atoms with E-state index in [1.54, 1.807) is 30.2 Å². The van der Waals surface area contributed by atoms with Gasteiger partial charge in [0.2, 0.25) is 0 Å². The van der Waals surface area contributed by atoms with Crippen molar-refractivity contribution in [2.75, 3.05) is 7.05 Å². The van der Waals surface area contributed by atoms with Crippen molar-refractivity contribution < 1.29 is 8.42 Å². The standard InChI is InChI=1S/C13H19N5O2S/c1-10-12(9-18(3)17-10)8-16-21(19,20)13-5-4-11(6-14-2)7-15-13/h4-5,7,9,14,16H,6,8H2,1-3H3. The quantitative estimate of drug-likeness (QED) is 0.802. The summed E-state index contributed by atoms with van der Waals surface area (Å²) in [6.07, 6.45) is 3.35. The first-order chi connectivity index (χ1) is 9.92. The van der Waals surface area contributed by atoms with Crippen LogP contribution >= 0.6 is 0 Å². The summed E-state index contributed by atoms with van der Waals surface area (Å²) in [5.74, 6) is 0. The van der Waals surface area contributed by atoms with Gasteiger partial charge in [0.1, 0.15) is 0 Å². The highest BCUT2D eigenvalue weighted by atomic mass is 32.2. The molecule has 2 heterocycles. The van der Waals surface area contributed by atoms with Gasteiger partial charge in [-0.15, -0.1) is 0 Å². The summed E-state index contributed by atoms with van der Waals surface area (Å²) in [4.78, 5) is 4.00. The molecule has 0 radical (unpaired) electrons. The number of pyridine rings is 1. The van der Waals surface area contributed by atoms with E-state index in [2.05, 4.69) is 20.1 Å². The minimum atomic E-state index is -3.62. The van der Waals surface area contributed by atoms with E-state index in [1.165, 1.54) is 6.07 Å². The van der Waals surface area contributed by atoms with Gasteiger partial charge in [0, 0.05) is 38.1 Å². The first-order valence-electron chi connectivity index (χ1n) is 6.50. The molecule has 7 nitrogen and oxygen atoms in total. The Morgan fingerprint density at radius 1 is 1.29 bits per heavy atom. The number of aromatic nitrogens is 3. The average molecular weight is 309 g/mol. The van der Waals surface area contributed by atoms with Crippen LogP contribution in [0.1, 0.15) is 16.8 Å². The molecule has 0 aliphatic rings. The number of sulfonamides is 1. The zero-order valence-corrected chi connectivity index (χ0v) is 13.1. The Labute approximate surface area is 124 Å². The topological polar surface area (TPSA) is 88.9 Å². The molecule has 0 aromatic carbocycles. The van der Waals surface area contributed by atoms with Gasteiger partial charge >= 0.3 is 0 Å². The van der Waals surface area contributed by atoms with Crippen LogP contribution in [0.15, 0.2) is 29.6 Å². The number of rotatable bonds is 6. The van der Waals surface area contributed by atoms with Gasteiger partial charge < -0.3 is 5.32 Å². The van der Waals surface area contributed by atoms with Crippen LogP contribution < -0.4 is 10.0 Å². The van der Waals surface area contributed by atoms with Crippen LogP contribution in [0.2, 0.25) is 0 Å². The lowest BCUT2D eigenvalue weighted by Crippen LogP contribution is -2.24. The van der Waals surface area contributed by atoms with E-state index in [0.29, 0.717) is 6.54 Å². The van der Waals surface area contributed by atoms with E-state index in [-0.39, 0.29) is 11.6 Å². The van der Waals surface area contributed by atoms with E-state index in [1.807, 2.05) is 14.0 Å². The molecule has 0 unspecified atom stereocenters. The molecule has 0 atom stereocenters. The van der Waals surface area contributed by atoms with Crippen molar-refractivity contribution in [3.63, 3.8) is 0 Å². The highest BCUT2D eigenvalue weighted by Crippen LogP contribution is 2.09. The predicted molar refractivity (Wildman–Crippen MR) is 79.0 cm³/mol. The molecular formula is C13H19N5O2S. The molecule has 21 heavy (non-hydrogen) atoms. The molecule has 0 spiro atoms. The third-order valence-electron chi connectivity index (χ3n) is 3.02. The number of nitrogens with zero attached hydrogens (tertiary/aromatic N) is 3. The number of hydrogen-bond donors (Lipinski definition) is 2. The summed E-state index contributed by atoms with van der Waals surface area (Å²) >= 11 is 0. The second-order valence-corrected chi connectivity index (χ2v) is 6.49. The van der Waals surface area contributed by atoms with Crippen LogP contribution in [0.25, 0.3) is 0 Å². The second-order valence-electron chi connectivity index (χ2n) is 4.77. The summed E-state index contributed by atoms with van der Waals surface area (Å²) in [7, 11) is 0.00429. The monoisotopic (exact) mass is 309 g/mol. The Morgan fingerprint density at radius 3 is 2.57 bits per heavy atom. The van der Waals surface area contributed by atoms with E-state index in [4.69, 9.17) is 0 Å². The van der Waals surface area contributed by atoms with Gasteiger partial charge in [0.15, 0.2) is 5.03 Å². The van der Waals surface area contributed by atoms with Gasteiger partial charge in [0.25, 0.3) is 10.0 Å². The minimum Gasteiger partial charge on any atom is -0.316 e. The predicted octanol–water partition coefficient (Wildman–Crippen LogP) is 0.321. The lowest BCUT2D eigenvalue weighted by molar-refractivity contribution is 0.577. The summed E-state index contributed by atoms with van der Waals surface area (Å²) < 4.78 is 28.5. The van der Waals surface area contributed by atoms with E-state index < -0.39 is 10.0 Å². The zero-order valence-electron chi connectivity index (χ0n) is 12.3. The largest absolute Gasteiger partial charge is 0.316 e. The minimum absolute atomic E-state index is 0.0175. The first kappa shape index (κ1) is 15.6. The molecule has 0 saturated heterocycles. The highest BCUT2D eigenvalue weighted by Gasteiger charge is 2.16. The third kappa shape index (κ3) is 3.87. The van der Waals surface area contributed by atoms with Crippen molar-refractivity contribution in [2.45, 2.75) is 25.0 Å². The summed E-state index contributed by atoms with van der Waals surface area (Å²) in [6.45, 7) is 2.69. The van der Waals surface area contributed by atoms with Crippen molar-refractivity contribution >= 4 is 10.0 Å². The molecule has 2 rings (SSSR count). The molecule has 0 bridgehead atoms. The van der Waals surface area contributed by atoms with Crippen molar-refractivity contribution in [3.8, 4) is 0 Å². The van der Waals surface area contributed by atoms with Crippen molar-refractivity contribution in [3.05, 3.63) is 41.3 Å². The Morgan fingerprint density at radius 2 is 2.05 bits per heavy atom. The van der Waals surface area contributed by atoms with Crippen molar-refractivity contribution in [1.29, 1.82) is 0 Å². The third-order valence-corrected chi connectivity index (χ3v) is 4.34. The van der Waals surface area contributed by atoms with Crippen LogP contribution in [0, 0.1) is 6.92 Å². The van der Waals surface area contributed by atoms with Gasteiger partial charge in [-0.1, -0.05) is 6.07 Å². The Bertz CT molecular complexity index is 707. The molecule has 0 saturated carbocycles. The summed E-state index contributed by atoms with van der Waals surface area (Å²) in [5.41, 5.74) is 2.57. The van der Waals surface area contributed by atoms with Gasteiger partial charge in [0.05, 0.1) is 5.69 Å². The Hall–Kier alpha value is -1.77. The number of hydrogen-bond acceptors (Lipinski definition) is 5. The lowest BCUT2D eigenvalue weighted by atomic mass is 10.3. The fourth-order valence-corrected chi connectivity index (χ4v) is 2.88. The van der Waals surface area contributed by atoms with E-state index in [9.17, 15) is 8.42 Å². The zero-order chi connectivity index (χ0) is 15.5. The fourth-order valence-electron chi connectivity index (χ4n) is 1.95. The summed E-state index contributed by atoms with van der Waals surface area (Å²) in [5, 5.41) is 7.18. The molecule has 0 fully saturated rings. The maximum atomic E-state index is 12.2. The van der Waals surface area contributed by atoms with Gasteiger partial charge in [-0.3, -0.25) is 4.68 Å². The maximum absolute atomic E-state index is 12.2. The van der Waals surface area contributed by atoms with Crippen molar-refractivity contribution in [1.82, 2.24) is 24.8 Å². The summed E-state index contributed by atoms with van der Waals surface area (Å²) in [6, 6.07) is 3.25. The Balaban J connectivity index is 2.09. The molecule has 0 aliphatic carbocycles. The first-order valence-corrected chi connectivity index (χ1v) is 7.99.